The first-order valence-electron chi connectivity index (χ1n) is 11.6. The number of carbonyl (C=O) groups excluding carboxylic acids is 3. The van der Waals surface area contributed by atoms with Gasteiger partial charge in [-0.15, -0.1) is 11.3 Å². The number of amides is 1. The summed E-state index contributed by atoms with van der Waals surface area (Å²) in [6.45, 7) is 7.51. The zero-order chi connectivity index (χ0) is 25.0. The maximum atomic E-state index is 13.5. The van der Waals surface area contributed by atoms with E-state index >= 15 is 0 Å². The Labute approximate surface area is 210 Å². The zero-order valence-electron chi connectivity index (χ0n) is 20.5. The second-order valence-electron chi connectivity index (χ2n) is 9.59. The van der Waals surface area contributed by atoms with Crippen molar-refractivity contribution in [1.82, 2.24) is 9.88 Å². The molecule has 1 fully saturated rings. The number of benzene rings is 1. The number of likely N-dealkylation sites (tertiary alicyclic amines) is 1. The first kappa shape index (κ1) is 26.6. The Morgan fingerprint density at radius 3 is 2.50 bits per heavy atom. The molecule has 1 aromatic carbocycles. The van der Waals surface area contributed by atoms with Gasteiger partial charge in [-0.3, -0.25) is 9.59 Å². The number of aliphatic hydroxyl groups is 1. The Kier molecular flexibility index (Phi) is 8.71. The first-order valence-corrected chi connectivity index (χ1v) is 13.7. The molecule has 3 atom stereocenters. The van der Waals surface area contributed by atoms with E-state index in [4.69, 9.17) is 0 Å². The van der Waals surface area contributed by atoms with E-state index in [2.05, 4.69) is 4.98 Å². The van der Waals surface area contributed by atoms with Crippen molar-refractivity contribution in [2.75, 3.05) is 12.8 Å². The molecule has 3 rings (SSSR count). The lowest BCUT2D eigenvalue weighted by molar-refractivity contribution is -0.143. The molecule has 1 aliphatic heterocycles. The summed E-state index contributed by atoms with van der Waals surface area (Å²) in [5.74, 6) is -0.854. The minimum atomic E-state index is -0.727. The summed E-state index contributed by atoms with van der Waals surface area (Å²) in [6.07, 6.45) is 2.44. The van der Waals surface area contributed by atoms with Crippen LogP contribution in [0.3, 0.4) is 0 Å². The van der Waals surface area contributed by atoms with Crippen LogP contribution in [0.4, 0.5) is 0 Å². The molecule has 0 unspecified atom stereocenters. The predicted octanol–water partition coefficient (Wildman–Crippen LogP) is 4.32. The van der Waals surface area contributed by atoms with E-state index in [1.54, 1.807) is 11.3 Å². The van der Waals surface area contributed by atoms with Crippen LogP contribution in [0.1, 0.15) is 51.3 Å². The zero-order valence-corrected chi connectivity index (χ0v) is 22.2. The second kappa shape index (κ2) is 11.1. The van der Waals surface area contributed by atoms with Crippen LogP contribution in [0.15, 0.2) is 29.8 Å². The van der Waals surface area contributed by atoms with Crippen LogP contribution in [0.25, 0.3) is 10.4 Å². The molecule has 2 aromatic rings. The van der Waals surface area contributed by atoms with Gasteiger partial charge < -0.3 is 14.8 Å². The summed E-state index contributed by atoms with van der Waals surface area (Å²) in [5, 5.41) is 10.3. The molecule has 1 N–H and O–H groups in total. The molecule has 0 bridgehead atoms. The van der Waals surface area contributed by atoms with Crippen LogP contribution in [0, 0.1) is 12.8 Å². The number of aromatic nitrogens is 1. The van der Waals surface area contributed by atoms with Gasteiger partial charge in [-0.1, -0.05) is 24.3 Å². The van der Waals surface area contributed by atoms with Crippen molar-refractivity contribution >= 4 is 40.6 Å². The third-order valence-corrected chi connectivity index (χ3v) is 9.02. The molecule has 1 aromatic heterocycles. The quantitative estimate of drug-likeness (QED) is 0.521. The van der Waals surface area contributed by atoms with Gasteiger partial charge in [0.2, 0.25) is 5.91 Å². The molecular formula is C26H34N2O4S2. The van der Waals surface area contributed by atoms with Gasteiger partial charge in [0.1, 0.15) is 5.78 Å². The molecule has 1 amide bonds. The Bertz CT molecular complexity index is 1030. The number of hydrogen-bond donors (Lipinski definition) is 1. The second-order valence-corrected chi connectivity index (χ2v) is 11.9. The molecule has 0 spiro atoms. The van der Waals surface area contributed by atoms with Gasteiger partial charge in [0.25, 0.3) is 0 Å². The number of hydrogen-bond acceptors (Lipinski definition) is 7. The monoisotopic (exact) mass is 502 g/mol. The number of ketones is 2. The fourth-order valence-corrected chi connectivity index (χ4v) is 5.74. The van der Waals surface area contributed by atoms with Crippen molar-refractivity contribution < 1.29 is 19.5 Å². The Morgan fingerprint density at radius 2 is 1.94 bits per heavy atom. The normalized spacial score (nSPS) is 19.3. The first-order chi connectivity index (χ1) is 16.0. The predicted molar refractivity (Wildman–Crippen MR) is 138 cm³/mol. The molecule has 0 radical (unpaired) electrons. The molecular weight excluding hydrogens is 468 g/mol. The minimum absolute atomic E-state index is 0.0455. The molecule has 0 aliphatic carbocycles. The number of Topliss-reactive ketones (excluding diaryl/α,β-unsaturated/α-hetero) is 2. The highest BCUT2D eigenvalue weighted by Crippen LogP contribution is 2.36. The van der Waals surface area contributed by atoms with Gasteiger partial charge in [0.15, 0.2) is 5.78 Å². The summed E-state index contributed by atoms with van der Waals surface area (Å²) < 4.78 is -0.456. The van der Waals surface area contributed by atoms with E-state index < -0.39 is 22.8 Å². The molecule has 1 saturated heterocycles. The van der Waals surface area contributed by atoms with Crippen LogP contribution >= 0.6 is 23.1 Å². The van der Waals surface area contributed by atoms with Crippen molar-refractivity contribution in [2.24, 2.45) is 5.92 Å². The minimum Gasteiger partial charge on any atom is -0.391 e. The van der Waals surface area contributed by atoms with Crippen molar-refractivity contribution in [1.29, 1.82) is 0 Å². The number of aliphatic hydroxyl groups excluding tert-OH is 1. The third kappa shape index (κ3) is 6.15. The van der Waals surface area contributed by atoms with Gasteiger partial charge in [-0.05, 0) is 51.5 Å². The number of rotatable bonds is 10. The van der Waals surface area contributed by atoms with Crippen molar-refractivity contribution in [3.05, 3.63) is 41.0 Å². The molecule has 184 valence electrons. The lowest BCUT2D eigenvalue weighted by Crippen LogP contribution is -2.49. The summed E-state index contributed by atoms with van der Waals surface area (Å²) in [7, 11) is 0. The van der Waals surface area contributed by atoms with E-state index in [1.165, 1.54) is 23.6 Å². The molecule has 0 saturated carbocycles. The van der Waals surface area contributed by atoms with E-state index in [0.29, 0.717) is 12.8 Å². The summed E-state index contributed by atoms with van der Waals surface area (Å²) in [4.78, 5) is 45.5. The number of β-amino-alcohol motifs (C(OH)–C–C–N with tert-alkyl or cyclic N) is 1. The van der Waals surface area contributed by atoms with Gasteiger partial charge in [-0.2, -0.15) is 11.8 Å². The molecule has 6 nitrogen and oxygen atoms in total. The number of carbonyl (C=O) groups is 3. The van der Waals surface area contributed by atoms with Gasteiger partial charge in [-0.25, -0.2) is 4.98 Å². The maximum Gasteiger partial charge on any atom is 0.228 e. The summed E-state index contributed by atoms with van der Waals surface area (Å²) in [5.41, 5.74) is 5.00. The number of nitrogens with zero attached hydrogens (tertiary/aromatic N) is 2. The topological polar surface area (TPSA) is 87.6 Å². The standard InChI is InChI=1S/C26H34N2O4S2/c1-16(29)12-21(26(3,4)33-5)25(32)28-14-20(30)13-22(28)23(31)11-8-18-6-9-19(10-7-18)24-17(2)27-15-34-24/h6-7,9-10,15,20-22,30H,8,11-14H2,1-5H3/t20-,21-,22+/m1/s1. The number of thiazole rings is 1. The highest BCUT2D eigenvalue weighted by atomic mass is 32.2. The van der Waals surface area contributed by atoms with Crippen molar-refractivity contribution in [2.45, 2.75) is 70.3 Å². The fraction of sp³-hybridized carbons (Fsp3) is 0.538. The van der Waals surface area contributed by atoms with Gasteiger partial charge in [0.05, 0.1) is 34.1 Å². The average molecular weight is 503 g/mol. The SMILES string of the molecule is CSC(C)(C)[C@H](CC(C)=O)C(=O)N1C[C@H](O)C[C@H]1C(=O)CCc1ccc(-c2scnc2C)cc1. The highest BCUT2D eigenvalue weighted by molar-refractivity contribution is 8.00. The molecule has 2 heterocycles. The van der Waals surface area contributed by atoms with Crippen LogP contribution in [0.5, 0.6) is 0 Å². The maximum absolute atomic E-state index is 13.5. The Morgan fingerprint density at radius 1 is 1.26 bits per heavy atom. The molecule has 8 heteroatoms. The van der Waals surface area contributed by atoms with Crippen LogP contribution < -0.4 is 0 Å². The number of aryl methyl sites for hydroxylation is 2. The van der Waals surface area contributed by atoms with E-state index in [9.17, 15) is 19.5 Å². The van der Waals surface area contributed by atoms with Crippen LogP contribution in [0.2, 0.25) is 0 Å². The lowest BCUT2D eigenvalue weighted by atomic mass is 9.88. The van der Waals surface area contributed by atoms with Crippen LogP contribution in [-0.4, -0.2) is 62.2 Å². The molecule has 34 heavy (non-hydrogen) atoms. The Balaban J connectivity index is 1.68. The third-order valence-electron chi connectivity index (χ3n) is 6.71. The fourth-order valence-electron chi connectivity index (χ4n) is 4.46. The number of thioether (sulfide) groups is 1. The van der Waals surface area contributed by atoms with Gasteiger partial charge >= 0.3 is 0 Å². The Hall–Kier alpha value is -2.03. The van der Waals surface area contributed by atoms with E-state index in [1.807, 2.05) is 56.8 Å². The lowest BCUT2D eigenvalue weighted by Gasteiger charge is -2.35. The van der Waals surface area contributed by atoms with E-state index in [0.717, 1.165) is 21.7 Å². The smallest absolute Gasteiger partial charge is 0.228 e. The summed E-state index contributed by atoms with van der Waals surface area (Å²) in [6, 6.07) is 7.50. The summed E-state index contributed by atoms with van der Waals surface area (Å²) >= 11 is 3.14. The van der Waals surface area contributed by atoms with Crippen LogP contribution in [-0.2, 0) is 20.8 Å². The average Bonchev–Trinajstić information content (AvgIpc) is 3.41. The van der Waals surface area contributed by atoms with Crippen molar-refractivity contribution in [3.8, 4) is 10.4 Å². The molecule has 1 aliphatic rings. The highest BCUT2D eigenvalue weighted by Gasteiger charge is 2.44. The van der Waals surface area contributed by atoms with Gasteiger partial charge in [0, 0.05) is 30.6 Å². The largest absolute Gasteiger partial charge is 0.391 e. The van der Waals surface area contributed by atoms with E-state index in [-0.39, 0.29) is 36.9 Å². The van der Waals surface area contributed by atoms with Crippen molar-refractivity contribution in [3.63, 3.8) is 0 Å².